The van der Waals surface area contributed by atoms with Crippen LogP contribution in [0, 0.1) is 13.8 Å². The third-order valence-corrected chi connectivity index (χ3v) is 2.40. The number of benzene rings is 1. The van der Waals surface area contributed by atoms with E-state index in [9.17, 15) is 5.11 Å². The van der Waals surface area contributed by atoms with E-state index in [4.69, 9.17) is 15.2 Å². The Morgan fingerprint density at radius 1 is 1.00 bits per heavy atom. The fraction of sp³-hybridized carbons (Fsp3) is 0.400. The molecule has 14 heavy (non-hydrogen) atoms. The average Bonchev–Trinajstić information content (AvgIpc) is 2.20. The lowest BCUT2D eigenvalue weighted by Gasteiger charge is -2.16. The van der Waals surface area contributed by atoms with Gasteiger partial charge in [-0.1, -0.05) is 0 Å². The molecule has 0 fully saturated rings. The van der Waals surface area contributed by atoms with Crippen molar-refractivity contribution in [1.82, 2.24) is 0 Å². The van der Waals surface area contributed by atoms with Gasteiger partial charge in [-0.05, 0) is 25.0 Å². The molecule has 0 heterocycles. The summed E-state index contributed by atoms with van der Waals surface area (Å²) < 4.78 is 10.1. The number of nitrogens with two attached hydrogens (primary N) is 1. The van der Waals surface area contributed by atoms with Crippen LogP contribution in [-0.4, -0.2) is 19.3 Å². The maximum absolute atomic E-state index is 9.75. The molecule has 0 unspecified atom stereocenters. The minimum Gasteiger partial charge on any atom is -0.504 e. The Labute approximate surface area is 83.3 Å². The van der Waals surface area contributed by atoms with E-state index < -0.39 is 0 Å². The third kappa shape index (κ3) is 1.32. The minimum atomic E-state index is 0.0797. The molecule has 0 spiro atoms. The molecule has 0 radical (unpaired) electrons. The van der Waals surface area contributed by atoms with E-state index in [1.165, 1.54) is 14.2 Å². The van der Waals surface area contributed by atoms with Gasteiger partial charge in [-0.25, -0.2) is 0 Å². The molecule has 0 amide bonds. The van der Waals surface area contributed by atoms with Crippen molar-refractivity contribution in [2.75, 3.05) is 20.0 Å². The molecule has 0 aliphatic rings. The molecule has 1 rings (SSSR count). The Hall–Kier alpha value is -1.58. The summed E-state index contributed by atoms with van der Waals surface area (Å²) in [6.45, 7) is 3.61. The Balaban J connectivity index is 3.57. The van der Waals surface area contributed by atoms with E-state index in [1.54, 1.807) is 6.92 Å². The van der Waals surface area contributed by atoms with E-state index in [0.29, 0.717) is 17.0 Å². The van der Waals surface area contributed by atoms with Gasteiger partial charge >= 0.3 is 0 Å². The van der Waals surface area contributed by atoms with Gasteiger partial charge in [0, 0.05) is 0 Å². The molecule has 1 aromatic carbocycles. The number of phenolic OH excluding ortho intramolecular Hbond substituents is 1. The molecule has 0 saturated heterocycles. The van der Waals surface area contributed by atoms with Crippen LogP contribution >= 0.6 is 0 Å². The molecule has 0 bridgehead atoms. The van der Waals surface area contributed by atoms with E-state index in [-0.39, 0.29) is 11.5 Å². The number of ether oxygens (including phenoxy) is 2. The number of nitrogen functional groups attached to an aromatic ring is 1. The lowest BCUT2D eigenvalue weighted by molar-refractivity contribution is 0.333. The quantitative estimate of drug-likeness (QED) is 0.558. The van der Waals surface area contributed by atoms with Crippen LogP contribution in [0.5, 0.6) is 17.2 Å². The number of aromatic hydroxyl groups is 1. The molecular weight excluding hydrogens is 182 g/mol. The number of rotatable bonds is 2. The molecule has 4 nitrogen and oxygen atoms in total. The van der Waals surface area contributed by atoms with Gasteiger partial charge in [0.15, 0.2) is 11.5 Å². The minimum absolute atomic E-state index is 0.0797. The second-order valence-electron chi connectivity index (χ2n) is 3.08. The largest absolute Gasteiger partial charge is 0.504 e. The highest BCUT2D eigenvalue weighted by molar-refractivity contribution is 5.72. The third-order valence-electron chi connectivity index (χ3n) is 2.40. The fourth-order valence-electron chi connectivity index (χ4n) is 1.34. The lowest BCUT2D eigenvalue weighted by atomic mass is 10.1. The molecule has 4 heteroatoms. The van der Waals surface area contributed by atoms with Gasteiger partial charge in [0.05, 0.1) is 19.9 Å². The first kappa shape index (κ1) is 10.5. The van der Waals surface area contributed by atoms with Crippen LogP contribution in [0.25, 0.3) is 0 Å². The molecule has 0 saturated carbocycles. The van der Waals surface area contributed by atoms with Crippen molar-refractivity contribution in [1.29, 1.82) is 0 Å². The molecule has 0 atom stereocenters. The van der Waals surface area contributed by atoms with Gasteiger partial charge in [0.25, 0.3) is 0 Å². The normalized spacial score (nSPS) is 10.0. The van der Waals surface area contributed by atoms with Crippen molar-refractivity contribution in [3.05, 3.63) is 11.1 Å². The van der Waals surface area contributed by atoms with E-state index in [2.05, 4.69) is 0 Å². The van der Waals surface area contributed by atoms with Crippen molar-refractivity contribution in [3.63, 3.8) is 0 Å². The summed E-state index contributed by atoms with van der Waals surface area (Å²) in [5.74, 6) is 0.747. The zero-order chi connectivity index (χ0) is 10.9. The summed E-state index contributed by atoms with van der Waals surface area (Å²) in [6.07, 6.45) is 0. The van der Waals surface area contributed by atoms with Gasteiger partial charge in [0.2, 0.25) is 5.75 Å². The summed E-state index contributed by atoms with van der Waals surface area (Å²) in [6, 6.07) is 0. The maximum atomic E-state index is 9.75. The first-order valence-electron chi connectivity index (χ1n) is 4.24. The number of methoxy groups -OCH3 is 2. The topological polar surface area (TPSA) is 64.7 Å². The van der Waals surface area contributed by atoms with Crippen LogP contribution < -0.4 is 15.2 Å². The Morgan fingerprint density at radius 3 is 1.93 bits per heavy atom. The number of anilines is 1. The number of hydrogen-bond donors (Lipinski definition) is 2. The van der Waals surface area contributed by atoms with E-state index in [1.807, 2.05) is 6.92 Å². The Kier molecular flexibility index (Phi) is 2.74. The zero-order valence-corrected chi connectivity index (χ0v) is 8.84. The summed E-state index contributed by atoms with van der Waals surface area (Å²) in [4.78, 5) is 0. The fourth-order valence-corrected chi connectivity index (χ4v) is 1.34. The first-order valence-corrected chi connectivity index (χ1v) is 4.24. The van der Waals surface area contributed by atoms with Gasteiger partial charge in [-0.3, -0.25) is 0 Å². The summed E-state index contributed by atoms with van der Waals surface area (Å²) >= 11 is 0. The standard InChI is InChI=1S/C10H15NO3/c1-5-6(2)8(12)10(14-4)9(13-3)7(5)11/h12H,11H2,1-4H3. The van der Waals surface area contributed by atoms with Gasteiger partial charge in [-0.2, -0.15) is 0 Å². The van der Waals surface area contributed by atoms with Crippen molar-refractivity contribution < 1.29 is 14.6 Å². The smallest absolute Gasteiger partial charge is 0.205 e. The van der Waals surface area contributed by atoms with Gasteiger partial charge in [0.1, 0.15) is 0 Å². The van der Waals surface area contributed by atoms with Gasteiger partial charge in [-0.15, -0.1) is 0 Å². The highest BCUT2D eigenvalue weighted by atomic mass is 16.5. The monoisotopic (exact) mass is 197 g/mol. The Bertz CT molecular complexity index is 326. The molecule has 0 aromatic heterocycles. The number of phenols is 1. The summed E-state index contributed by atoms with van der Waals surface area (Å²) in [5, 5.41) is 9.75. The maximum Gasteiger partial charge on any atom is 0.205 e. The predicted molar refractivity (Wildman–Crippen MR) is 55.1 cm³/mol. The van der Waals surface area contributed by atoms with Crippen LogP contribution in [0.4, 0.5) is 5.69 Å². The second-order valence-corrected chi connectivity index (χ2v) is 3.08. The van der Waals surface area contributed by atoms with Crippen molar-refractivity contribution in [2.24, 2.45) is 0 Å². The molecule has 0 aliphatic heterocycles. The van der Waals surface area contributed by atoms with Crippen LogP contribution in [0.15, 0.2) is 0 Å². The highest BCUT2D eigenvalue weighted by Crippen LogP contribution is 2.45. The Morgan fingerprint density at radius 2 is 1.50 bits per heavy atom. The molecule has 78 valence electrons. The van der Waals surface area contributed by atoms with Crippen molar-refractivity contribution in [3.8, 4) is 17.2 Å². The second kappa shape index (κ2) is 3.65. The van der Waals surface area contributed by atoms with Crippen LogP contribution in [-0.2, 0) is 0 Å². The summed E-state index contributed by atoms with van der Waals surface area (Å²) in [7, 11) is 2.95. The first-order chi connectivity index (χ1) is 6.54. The van der Waals surface area contributed by atoms with Crippen LogP contribution in [0.2, 0.25) is 0 Å². The molecular formula is C10H15NO3. The lowest BCUT2D eigenvalue weighted by Crippen LogP contribution is -2.01. The van der Waals surface area contributed by atoms with Crippen molar-refractivity contribution >= 4 is 5.69 Å². The average molecular weight is 197 g/mol. The molecule has 1 aromatic rings. The SMILES string of the molecule is COc1c(N)c(C)c(C)c(O)c1OC. The molecule has 0 aliphatic carbocycles. The van der Waals surface area contributed by atoms with E-state index >= 15 is 0 Å². The van der Waals surface area contributed by atoms with Crippen molar-refractivity contribution in [2.45, 2.75) is 13.8 Å². The van der Waals surface area contributed by atoms with Crippen LogP contribution in [0.1, 0.15) is 11.1 Å². The highest BCUT2D eigenvalue weighted by Gasteiger charge is 2.18. The van der Waals surface area contributed by atoms with Crippen LogP contribution in [0.3, 0.4) is 0 Å². The van der Waals surface area contributed by atoms with E-state index in [0.717, 1.165) is 5.56 Å². The summed E-state index contributed by atoms with van der Waals surface area (Å²) in [5.41, 5.74) is 7.84. The number of hydrogen-bond acceptors (Lipinski definition) is 4. The predicted octanol–water partition coefficient (Wildman–Crippen LogP) is 1.61. The van der Waals surface area contributed by atoms with Gasteiger partial charge < -0.3 is 20.3 Å². The molecule has 3 N–H and O–H groups in total. The zero-order valence-electron chi connectivity index (χ0n) is 8.84.